The second kappa shape index (κ2) is 4.54. The van der Waals surface area contributed by atoms with E-state index in [0.29, 0.717) is 12.2 Å². The Morgan fingerprint density at radius 2 is 2.25 bits per heavy atom. The van der Waals surface area contributed by atoms with Crippen molar-refractivity contribution in [2.45, 2.75) is 25.3 Å². The zero-order chi connectivity index (χ0) is 11.4. The van der Waals surface area contributed by atoms with E-state index in [1.165, 1.54) is 0 Å². The molecule has 0 radical (unpaired) electrons. The van der Waals surface area contributed by atoms with Gasteiger partial charge in [0.2, 0.25) is 0 Å². The van der Waals surface area contributed by atoms with Crippen LogP contribution in [0.5, 0.6) is 0 Å². The van der Waals surface area contributed by atoms with Crippen LogP contribution in [-0.4, -0.2) is 18.8 Å². The molecular weight excluding hydrogens is 200 g/mol. The van der Waals surface area contributed by atoms with Crippen molar-refractivity contribution in [3.8, 4) is 6.07 Å². The number of nitrogens with zero attached hydrogens (tertiary/aromatic N) is 1. The minimum absolute atomic E-state index is 0.0504. The third-order valence-electron chi connectivity index (χ3n) is 2.92. The smallest absolute Gasteiger partial charge is 0.101 e. The lowest BCUT2D eigenvalue weighted by atomic mass is 9.94. The standard InChI is InChI=1S/C13H16N2O/c1-13(7-4-8-16-10-13)15-12-6-3-2-5-11(12)9-14/h2-3,5-6,15H,4,7-8,10H2,1H3. The molecule has 0 bridgehead atoms. The third kappa shape index (κ3) is 2.34. The number of benzene rings is 1. The molecule has 0 aliphatic carbocycles. The van der Waals surface area contributed by atoms with E-state index in [2.05, 4.69) is 18.3 Å². The number of hydrogen-bond acceptors (Lipinski definition) is 3. The number of ether oxygens (including phenoxy) is 1. The Hall–Kier alpha value is -1.53. The van der Waals surface area contributed by atoms with Gasteiger partial charge < -0.3 is 10.1 Å². The van der Waals surface area contributed by atoms with Crippen molar-refractivity contribution in [2.24, 2.45) is 0 Å². The number of rotatable bonds is 2. The minimum atomic E-state index is -0.0504. The van der Waals surface area contributed by atoms with E-state index in [-0.39, 0.29) is 5.54 Å². The first-order valence-electron chi connectivity index (χ1n) is 5.59. The van der Waals surface area contributed by atoms with Crippen LogP contribution in [0, 0.1) is 11.3 Å². The molecule has 3 heteroatoms. The molecule has 1 aromatic carbocycles. The first kappa shape index (κ1) is 11.0. The fraction of sp³-hybridized carbons (Fsp3) is 0.462. The largest absolute Gasteiger partial charge is 0.379 e. The second-order valence-electron chi connectivity index (χ2n) is 4.50. The van der Waals surface area contributed by atoms with Crippen molar-refractivity contribution in [3.05, 3.63) is 29.8 Å². The van der Waals surface area contributed by atoms with Gasteiger partial charge in [0, 0.05) is 6.61 Å². The summed E-state index contributed by atoms with van der Waals surface area (Å²) in [5, 5.41) is 12.4. The zero-order valence-corrected chi connectivity index (χ0v) is 9.49. The number of nitriles is 1. The van der Waals surface area contributed by atoms with Gasteiger partial charge in [0.1, 0.15) is 6.07 Å². The van der Waals surface area contributed by atoms with E-state index in [1.54, 1.807) is 0 Å². The van der Waals surface area contributed by atoms with E-state index >= 15 is 0 Å². The molecule has 1 aliphatic rings. The van der Waals surface area contributed by atoms with Crippen molar-refractivity contribution in [2.75, 3.05) is 18.5 Å². The number of anilines is 1. The van der Waals surface area contributed by atoms with E-state index in [1.807, 2.05) is 24.3 Å². The Balaban J connectivity index is 2.16. The first-order chi connectivity index (χ1) is 7.73. The molecule has 1 atom stereocenters. The van der Waals surface area contributed by atoms with Crippen LogP contribution in [0.3, 0.4) is 0 Å². The van der Waals surface area contributed by atoms with E-state index in [0.717, 1.165) is 25.1 Å². The Labute approximate surface area is 96.0 Å². The maximum atomic E-state index is 9.01. The highest BCUT2D eigenvalue weighted by atomic mass is 16.5. The summed E-state index contributed by atoms with van der Waals surface area (Å²) in [6.45, 7) is 3.68. The summed E-state index contributed by atoms with van der Waals surface area (Å²) >= 11 is 0. The molecule has 84 valence electrons. The first-order valence-corrected chi connectivity index (χ1v) is 5.59. The zero-order valence-electron chi connectivity index (χ0n) is 9.49. The topological polar surface area (TPSA) is 45.0 Å². The van der Waals surface area contributed by atoms with E-state index in [4.69, 9.17) is 10.00 Å². The Morgan fingerprint density at radius 1 is 1.44 bits per heavy atom. The maximum absolute atomic E-state index is 9.01. The van der Waals surface area contributed by atoms with Crippen LogP contribution < -0.4 is 5.32 Å². The van der Waals surface area contributed by atoms with E-state index in [9.17, 15) is 0 Å². The summed E-state index contributed by atoms with van der Waals surface area (Å²) in [4.78, 5) is 0. The minimum Gasteiger partial charge on any atom is -0.379 e. The predicted octanol–water partition coefficient (Wildman–Crippen LogP) is 2.54. The Bertz CT molecular complexity index is 403. The molecule has 2 rings (SSSR count). The number of para-hydroxylation sites is 1. The molecule has 0 saturated carbocycles. The molecule has 0 amide bonds. The molecule has 1 saturated heterocycles. The van der Waals surface area contributed by atoms with Crippen molar-refractivity contribution in [3.63, 3.8) is 0 Å². The number of hydrogen-bond donors (Lipinski definition) is 1. The molecule has 3 nitrogen and oxygen atoms in total. The van der Waals surface area contributed by atoms with Crippen molar-refractivity contribution in [1.29, 1.82) is 5.26 Å². The second-order valence-corrected chi connectivity index (χ2v) is 4.50. The molecule has 1 aromatic rings. The predicted molar refractivity (Wildman–Crippen MR) is 63.2 cm³/mol. The highest BCUT2D eigenvalue weighted by molar-refractivity contribution is 5.58. The van der Waals surface area contributed by atoms with Crippen LogP contribution in [0.2, 0.25) is 0 Å². The summed E-state index contributed by atoms with van der Waals surface area (Å²) in [5.41, 5.74) is 1.54. The average molecular weight is 216 g/mol. The molecule has 1 unspecified atom stereocenters. The molecule has 0 spiro atoms. The van der Waals surface area contributed by atoms with Crippen molar-refractivity contribution in [1.82, 2.24) is 0 Å². The summed E-state index contributed by atoms with van der Waals surface area (Å²) in [7, 11) is 0. The molecule has 0 aromatic heterocycles. The highest BCUT2D eigenvalue weighted by Crippen LogP contribution is 2.25. The van der Waals surface area contributed by atoms with Gasteiger partial charge >= 0.3 is 0 Å². The monoisotopic (exact) mass is 216 g/mol. The van der Waals surface area contributed by atoms with Crippen LogP contribution in [0.4, 0.5) is 5.69 Å². The van der Waals surface area contributed by atoms with Crippen molar-refractivity contribution >= 4 is 5.69 Å². The lowest BCUT2D eigenvalue weighted by molar-refractivity contribution is 0.0540. The fourth-order valence-corrected chi connectivity index (χ4v) is 2.05. The van der Waals surface area contributed by atoms with Crippen molar-refractivity contribution < 1.29 is 4.74 Å². The highest BCUT2D eigenvalue weighted by Gasteiger charge is 2.27. The summed E-state index contributed by atoms with van der Waals surface area (Å²) in [6.07, 6.45) is 2.14. The fourth-order valence-electron chi connectivity index (χ4n) is 2.05. The SMILES string of the molecule is CC1(Nc2ccccc2C#N)CCCOC1. The summed E-state index contributed by atoms with van der Waals surface area (Å²) in [5.74, 6) is 0. The molecule has 1 N–H and O–H groups in total. The van der Waals surface area contributed by atoms with Crippen LogP contribution in [0.15, 0.2) is 24.3 Å². The van der Waals surface area contributed by atoms with Crippen LogP contribution >= 0.6 is 0 Å². The molecule has 1 aliphatic heterocycles. The van der Waals surface area contributed by atoms with Crippen LogP contribution in [-0.2, 0) is 4.74 Å². The third-order valence-corrected chi connectivity index (χ3v) is 2.92. The van der Waals surface area contributed by atoms with Gasteiger partial charge in [-0.15, -0.1) is 0 Å². The molecule has 1 heterocycles. The summed E-state index contributed by atoms with van der Waals surface area (Å²) in [6, 6.07) is 9.79. The average Bonchev–Trinajstić information content (AvgIpc) is 2.30. The van der Waals surface area contributed by atoms with Gasteiger partial charge in [0.25, 0.3) is 0 Å². The molecule has 16 heavy (non-hydrogen) atoms. The van der Waals surface area contributed by atoms with Gasteiger partial charge in [0.15, 0.2) is 0 Å². The van der Waals surface area contributed by atoms with Gasteiger partial charge in [-0.3, -0.25) is 0 Å². The Morgan fingerprint density at radius 3 is 2.94 bits per heavy atom. The molecular formula is C13H16N2O. The quantitative estimate of drug-likeness (QED) is 0.826. The Kier molecular flexibility index (Phi) is 3.12. The summed E-state index contributed by atoms with van der Waals surface area (Å²) < 4.78 is 5.49. The lowest BCUT2D eigenvalue weighted by Gasteiger charge is -2.35. The van der Waals surface area contributed by atoms with Gasteiger partial charge in [-0.1, -0.05) is 12.1 Å². The van der Waals surface area contributed by atoms with Gasteiger partial charge in [-0.2, -0.15) is 5.26 Å². The number of nitrogens with one attached hydrogen (secondary N) is 1. The van der Waals surface area contributed by atoms with Crippen LogP contribution in [0.25, 0.3) is 0 Å². The van der Waals surface area contributed by atoms with Crippen LogP contribution in [0.1, 0.15) is 25.3 Å². The lowest BCUT2D eigenvalue weighted by Crippen LogP contribution is -2.43. The van der Waals surface area contributed by atoms with Gasteiger partial charge in [0.05, 0.1) is 23.4 Å². The maximum Gasteiger partial charge on any atom is 0.101 e. The van der Waals surface area contributed by atoms with Gasteiger partial charge in [-0.25, -0.2) is 0 Å². The van der Waals surface area contributed by atoms with E-state index < -0.39 is 0 Å². The molecule has 1 fully saturated rings. The van der Waals surface area contributed by atoms with Gasteiger partial charge in [-0.05, 0) is 31.9 Å². The normalized spacial score (nSPS) is 24.8.